The van der Waals surface area contributed by atoms with Crippen LogP contribution < -0.4 is 16.4 Å². The highest BCUT2D eigenvalue weighted by Crippen LogP contribution is 2.33. The number of nitrogens with one attached hydrogen (secondary N) is 2. The van der Waals surface area contributed by atoms with E-state index in [0.29, 0.717) is 22.2 Å². The van der Waals surface area contributed by atoms with Crippen molar-refractivity contribution in [3.05, 3.63) is 71.8 Å². The largest absolute Gasteiger partial charge is 0.382 e. The zero-order valence-electron chi connectivity index (χ0n) is 19.2. The second kappa shape index (κ2) is 10.4. The van der Waals surface area contributed by atoms with E-state index in [4.69, 9.17) is 22.1 Å². The summed E-state index contributed by atoms with van der Waals surface area (Å²) in [7, 11) is 0. The van der Waals surface area contributed by atoms with Crippen LogP contribution >= 0.6 is 11.6 Å². The minimum atomic E-state index is -0.340. The van der Waals surface area contributed by atoms with Gasteiger partial charge in [-0.25, -0.2) is 4.79 Å². The van der Waals surface area contributed by atoms with E-state index in [0.717, 1.165) is 61.4 Å². The van der Waals surface area contributed by atoms with E-state index in [2.05, 4.69) is 26.7 Å². The number of nitrogen functional groups attached to an aromatic ring is 1. The average Bonchev–Trinajstić information content (AvgIpc) is 3.19. The van der Waals surface area contributed by atoms with E-state index in [9.17, 15) is 4.79 Å². The molecule has 4 N–H and O–H groups in total. The lowest BCUT2D eigenvalue weighted by Gasteiger charge is -2.26. The normalized spacial score (nSPS) is 14.2. The molecule has 1 aromatic heterocycles. The van der Waals surface area contributed by atoms with E-state index in [1.54, 1.807) is 24.3 Å². The topological polar surface area (TPSA) is 97.4 Å². The number of carbonyl (C=O) groups is 1. The Kier molecular flexibility index (Phi) is 6.85. The number of halogens is 1. The molecule has 9 heteroatoms. The number of rotatable bonds is 6. The van der Waals surface area contributed by atoms with Crippen molar-refractivity contribution >= 4 is 45.7 Å². The van der Waals surface area contributed by atoms with E-state index in [-0.39, 0.29) is 6.03 Å². The number of nitrogens with two attached hydrogens (primary N) is 1. The first-order valence-corrected chi connectivity index (χ1v) is 11.9. The van der Waals surface area contributed by atoms with E-state index in [1.807, 2.05) is 41.1 Å². The molecule has 2 heterocycles. The van der Waals surface area contributed by atoms with Crippen LogP contribution in [0.5, 0.6) is 0 Å². The van der Waals surface area contributed by atoms with E-state index >= 15 is 0 Å². The third-order valence-electron chi connectivity index (χ3n) is 6.07. The summed E-state index contributed by atoms with van der Waals surface area (Å²) in [5, 5.41) is 11.7. The van der Waals surface area contributed by atoms with E-state index in [1.165, 1.54) is 0 Å². The number of amides is 2. The number of hydrogen-bond acceptors (Lipinski definition) is 5. The summed E-state index contributed by atoms with van der Waals surface area (Å²) in [6, 6.07) is 20.4. The lowest BCUT2D eigenvalue weighted by molar-refractivity contribution is 0.0361. The van der Waals surface area contributed by atoms with Gasteiger partial charge in [-0.2, -0.15) is 5.10 Å². The molecule has 1 aliphatic heterocycles. The van der Waals surface area contributed by atoms with Gasteiger partial charge in [0.1, 0.15) is 0 Å². The molecule has 1 aliphatic rings. The number of ether oxygens (including phenoxy) is 1. The number of anilines is 3. The molecule has 3 aromatic carbocycles. The first-order valence-electron chi connectivity index (χ1n) is 11.6. The highest BCUT2D eigenvalue weighted by Gasteiger charge is 2.16. The summed E-state index contributed by atoms with van der Waals surface area (Å²) < 4.78 is 7.42. The van der Waals surface area contributed by atoms with Crippen LogP contribution in [0.15, 0.2) is 66.7 Å². The Morgan fingerprint density at radius 2 is 1.71 bits per heavy atom. The van der Waals surface area contributed by atoms with Crippen LogP contribution in [-0.2, 0) is 11.3 Å². The Labute approximate surface area is 208 Å². The fourth-order valence-electron chi connectivity index (χ4n) is 4.32. The number of hydrogen-bond donors (Lipinski definition) is 3. The van der Waals surface area contributed by atoms with Gasteiger partial charge < -0.3 is 21.1 Å². The minimum absolute atomic E-state index is 0.340. The summed E-state index contributed by atoms with van der Waals surface area (Å²) in [5.74, 6) is 0.515. The van der Waals surface area contributed by atoms with Gasteiger partial charge in [0.15, 0.2) is 5.82 Å². The van der Waals surface area contributed by atoms with Crippen molar-refractivity contribution in [2.24, 2.45) is 0 Å². The van der Waals surface area contributed by atoms with Gasteiger partial charge in [0.05, 0.1) is 30.7 Å². The maximum atomic E-state index is 12.3. The maximum absolute atomic E-state index is 12.3. The Morgan fingerprint density at radius 3 is 2.49 bits per heavy atom. The predicted molar refractivity (Wildman–Crippen MR) is 141 cm³/mol. The molecule has 0 radical (unpaired) electrons. The fourth-order valence-corrected chi connectivity index (χ4v) is 4.51. The molecule has 0 bridgehead atoms. The van der Waals surface area contributed by atoms with Crippen molar-refractivity contribution in [2.75, 3.05) is 49.2 Å². The molecule has 1 fully saturated rings. The molecule has 0 atom stereocenters. The Bertz CT molecular complexity index is 1330. The quantitative estimate of drug-likeness (QED) is 0.356. The standard InChI is InChI=1S/C26H27ClN6O2/c27-19-3-1-4-21(17-19)30-26(34)29-20-9-7-18(8-10-20)22-5-2-6-23-24(22)25(28)31-33(23)12-11-32-13-15-35-16-14-32/h1-10,17H,11-16H2,(H2,28,31)(H2,29,30,34). The summed E-state index contributed by atoms with van der Waals surface area (Å²) in [5.41, 5.74) is 10.7. The Hall–Kier alpha value is -3.59. The molecule has 0 spiro atoms. The molecule has 2 amide bonds. The van der Waals surface area contributed by atoms with Crippen molar-refractivity contribution in [1.29, 1.82) is 0 Å². The average molecular weight is 491 g/mol. The van der Waals surface area contributed by atoms with Crippen molar-refractivity contribution < 1.29 is 9.53 Å². The maximum Gasteiger partial charge on any atom is 0.323 e. The summed E-state index contributed by atoms with van der Waals surface area (Å²) in [4.78, 5) is 14.7. The second-order valence-electron chi connectivity index (χ2n) is 8.43. The number of nitrogens with zero attached hydrogens (tertiary/aromatic N) is 3. The molecule has 5 rings (SSSR count). The van der Waals surface area contributed by atoms with Crippen LogP contribution in [0.25, 0.3) is 22.0 Å². The van der Waals surface area contributed by atoms with Crippen LogP contribution in [0.4, 0.5) is 22.0 Å². The predicted octanol–water partition coefficient (Wildman–Crippen LogP) is 4.92. The van der Waals surface area contributed by atoms with Crippen LogP contribution in [0, 0.1) is 0 Å². The highest BCUT2D eigenvalue weighted by atomic mass is 35.5. The Morgan fingerprint density at radius 1 is 0.971 bits per heavy atom. The highest BCUT2D eigenvalue weighted by molar-refractivity contribution is 6.30. The molecular weight excluding hydrogens is 464 g/mol. The number of fused-ring (bicyclic) bond motifs is 1. The van der Waals surface area contributed by atoms with Crippen LogP contribution in [0.3, 0.4) is 0 Å². The summed E-state index contributed by atoms with van der Waals surface area (Å²) in [6.07, 6.45) is 0. The smallest absolute Gasteiger partial charge is 0.323 e. The number of morpholine rings is 1. The van der Waals surface area contributed by atoms with Crippen LogP contribution in [-0.4, -0.2) is 53.6 Å². The van der Waals surface area contributed by atoms with E-state index < -0.39 is 0 Å². The Balaban J connectivity index is 1.30. The van der Waals surface area contributed by atoms with Gasteiger partial charge in [-0.1, -0.05) is 41.9 Å². The lowest BCUT2D eigenvalue weighted by atomic mass is 10.0. The van der Waals surface area contributed by atoms with Gasteiger partial charge in [-0.05, 0) is 47.5 Å². The molecule has 4 aromatic rings. The first-order chi connectivity index (χ1) is 17.1. The van der Waals surface area contributed by atoms with Gasteiger partial charge in [-0.3, -0.25) is 9.58 Å². The van der Waals surface area contributed by atoms with Gasteiger partial charge in [0.2, 0.25) is 0 Å². The first kappa shape index (κ1) is 23.2. The van der Waals surface area contributed by atoms with Crippen molar-refractivity contribution in [2.45, 2.75) is 6.54 Å². The van der Waals surface area contributed by atoms with Crippen LogP contribution in [0.2, 0.25) is 5.02 Å². The molecule has 0 unspecified atom stereocenters. The van der Waals surface area contributed by atoms with Crippen molar-refractivity contribution in [1.82, 2.24) is 14.7 Å². The molecule has 1 saturated heterocycles. The zero-order valence-corrected chi connectivity index (χ0v) is 20.0. The molecule has 180 valence electrons. The van der Waals surface area contributed by atoms with Gasteiger partial charge in [0, 0.05) is 36.0 Å². The summed E-state index contributed by atoms with van der Waals surface area (Å²) >= 11 is 5.98. The molecular formula is C26H27ClN6O2. The number of carbonyl (C=O) groups excluding carboxylic acids is 1. The molecule has 0 aliphatic carbocycles. The van der Waals surface area contributed by atoms with Gasteiger partial charge in [0.25, 0.3) is 0 Å². The summed E-state index contributed by atoms with van der Waals surface area (Å²) in [6.45, 7) is 5.11. The number of aromatic nitrogens is 2. The van der Waals surface area contributed by atoms with Crippen molar-refractivity contribution in [3.63, 3.8) is 0 Å². The lowest BCUT2D eigenvalue weighted by Crippen LogP contribution is -2.38. The fraction of sp³-hybridized carbons (Fsp3) is 0.231. The molecule has 35 heavy (non-hydrogen) atoms. The SMILES string of the molecule is Nc1nn(CCN2CCOCC2)c2cccc(-c3ccc(NC(=O)Nc4cccc(Cl)c4)cc3)c12. The third-order valence-corrected chi connectivity index (χ3v) is 6.31. The molecule has 0 saturated carbocycles. The minimum Gasteiger partial charge on any atom is -0.382 e. The monoisotopic (exact) mass is 490 g/mol. The third kappa shape index (κ3) is 5.40. The van der Waals surface area contributed by atoms with Gasteiger partial charge >= 0.3 is 6.03 Å². The second-order valence-corrected chi connectivity index (χ2v) is 8.87. The van der Waals surface area contributed by atoms with Crippen molar-refractivity contribution in [3.8, 4) is 11.1 Å². The number of urea groups is 1. The van der Waals surface area contributed by atoms with Gasteiger partial charge in [-0.15, -0.1) is 0 Å². The molecule has 8 nitrogen and oxygen atoms in total. The zero-order chi connectivity index (χ0) is 24.2. The number of benzene rings is 3. The van der Waals surface area contributed by atoms with Crippen LogP contribution in [0.1, 0.15) is 0 Å².